The minimum atomic E-state index is -3.48. The first-order chi connectivity index (χ1) is 12.8. The van der Waals surface area contributed by atoms with Crippen LogP contribution in [0.5, 0.6) is 0 Å². The number of aryl methyl sites for hydroxylation is 3. The summed E-state index contributed by atoms with van der Waals surface area (Å²) in [6.45, 7) is 7.83. The number of rotatable bonds is 3. The lowest BCUT2D eigenvalue weighted by Gasteiger charge is -2.35. The van der Waals surface area contributed by atoms with Crippen LogP contribution in [0, 0.1) is 20.8 Å². The molecular weight excluding hydrogens is 378 g/mol. The Hall–Kier alpha value is -1.96. The van der Waals surface area contributed by atoms with Crippen LogP contribution in [-0.2, 0) is 10.0 Å². The number of nitrogens with one attached hydrogen (secondary N) is 1. The molecule has 0 unspecified atom stereocenters. The van der Waals surface area contributed by atoms with Gasteiger partial charge in [-0.15, -0.1) is 0 Å². The lowest BCUT2D eigenvalue weighted by molar-refractivity contribution is 0.268. The molecule has 0 aliphatic carbocycles. The number of anilines is 1. The summed E-state index contributed by atoms with van der Waals surface area (Å²) in [6, 6.07) is 13.5. The van der Waals surface area contributed by atoms with Crippen LogP contribution >= 0.6 is 12.2 Å². The minimum absolute atomic E-state index is 0.391. The second-order valence-corrected chi connectivity index (χ2v) is 9.25. The van der Waals surface area contributed by atoms with Gasteiger partial charge in [0.2, 0.25) is 10.0 Å². The van der Waals surface area contributed by atoms with Crippen molar-refractivity contribution in [2.24, 2.45) is 0 Å². The van der Waals surface area contributed by atoms with Gasteiger partial charge in [-0.1, -0.05) is 35.4 Å². The van der Waals surface area contributed by atoms with Crippen molar-refractivity contribution in [3.63, 3.8) is 0 Å². The molecule has 1 saturated heterocycles. The molecule has 0 spiro atoms. The molecule has 0 radical (unpaired) electrons. The molecule has 0 atom stereocenters. The maximum atomic E-state index is 13.0. The smallest absolute Gasteiger partial charge is 0.243 e. The summed E-state index contributed by atoms with van der Waals surface area (Å²) in [5, 5.41) is 3.86. The van der Waals surface area contributed by atoms with E-state index in [-0.39, 0.29) is 0 Å². The van der Waals surface area contributed by atoms with Crippen molar-refractivity contribution in [1.82, 2.24) is 9.21 Å². The molecule has 1 fully saturated rings. The van der Waals surface area contributed by atoms with Crippen molar-refractivity contribution >= 4 is 33.0 Å². The Kier molecular flexibility index (Phi) is 5.83. The monoisotopic (exact) mass is 403 g/mol. The van der Waals surface area contributed by atoms with Gasteiger partial charge in [-0.2, -0.15) is 4.31 Å². The summed E-state index contributed by atoms with van der Waals surface area (Å²) < 4.78 is 27.5. The molecule has 1 heterocycles. The van der Waals surface area contributed by atoms with Crippen molar-refractivity contribution in [1.29, 1.82) is 0 Å². The van der Waals surface area contributed by atoms with Gasteiger partial charge in [0.1, 0.15) is 0 Å². The summed E-state index contributed by atoms with van der Waals surface area (Å²) in [7, 11) is -3.48. The summed E-state index contributed by atoms with van der Waals surface area (Å²) in [5.41, 5.74) is 3.98. The van der Waals surface area contributed by atoms with Crippen molar-refractivity contribution in [2.45, 2.75) is 25.7 Å². The van der Waals surface area contributed by atoms with Gasteiger partial charge >= 0.3 is 0 Å². The second kappa shape index (κ2) is 7.96. The van der Waals surface area contributed by atoms with Crippen molar-refractivity contribution in [2.75, 3.05) is 31.5 Å². The normalized spacial score (nSPS) is 15.6. The highest BCUT2D eigenvalue weighted by Gasteiger charge is 2.30. The largest absolute Gasteiger partial charge is 0.346 e. The molecule has 0 aromatic heterocycles. The molecule has 27 heavy (non-hydrogen) atoms. The fourth-order valence-electron chi connectivity index (χ4n) is 3.20. The first-order valence-electron chi connectivity index (χ1n) is 8.97. The Balaban J connectivity index is 1.64. The van der Waals surface area contributed by atoms with E-state index in [1.54, 1.807) is 10.4 Å². The first kappa shape index (κ1) is 19.8. The van der Waals surface area contributed by atoms with Crippen LogP contribution in [0.2, 0.25) is 0 Å². The van der Waals surface area contributed by atoms with E-state index in [2.05, 4.69) is 5.32 Å². The Morgan fingerprint density at radius 2 is 1.52 bits per heavy atom. The molecule has 0 saturated carbocycles. The topological polar surface area (TPSA) is 52.6 Å². The summed E-state index contributed by atoms with van der Waals surface area (Å²) in [4.78, 5) is 2.41. The molecule has 3 rings (SSSR count). The van der Waals surface area contributed by atoms with Gasteiger partial charge < -0.3 is 10.2 Å². The minimum Gasteiger partial charge on any atom is -0.346 e. The quantitative estimate of drug-likeness (QED) is 0.797. The zero-order valence-corrected chi connectivity index (χ0v) is 17.5. The number of sulfonamides is 1. The fourth-order valence-corrected chi connectivity index (χ4v) is 5.13. The third-order valence-corrected chi connectivity index (χ3v) is 7.20. The van der Waals surface area contributed by atoms with E-state index in [1.165, 1.54) is 5.56 Å². The Morgan fingerprint density at radius 3 is 2.11 bits per heavy atom. The van der Waals surface area contributed by atoms with Gasteiger partial charge in [-0.05, 0) is 56.8 Å². The Labute approximate surface area is 167 Å². The van der Waals surface area contributed by atoms with Crippen molar-refractivity contribution in [3.05, 3.63) is 59.2 Å². The number of piperazine rings is 1. The lowest BCUT2D eigenvalue weighted by Crippen LogP contribution is -2.51. The third kappa shape index (κ3) is 4.48. The molecule has 1 N–H and O–H groups in total. The molecular formula is C20H25N3O2S2. The Bertz CT molecular complexity index is 932. The fraction of sp³-hybridized carbons (Fsp3) is 0.350. The number of thiocarbonyl (C=S) groups is 1. The standard InChI is InChI=1S/C20H25N3O2S2/c1-15-4-7-18(8-5-15)21-20(26)22-10-12-23(13-11-22)27(24,25)19-9-6-16(2)14-17(19)3/h4-9,14H,10-13H2,1-3H3,(H,21,26). The highest BCUT2D eigenvalue weighted by atomic mass is 32.2. The van der Waals surface area contributed by atoms with Gasteiger partial charge in [0, 0.05) is 31.9 Å². The lowest BCUT2D eigenvalue weighted by atomic mass is 10.2. The average molecular weight is 404 g/mol. The maximum Gasteiger partial charge on any atom is 0.243 e. The molecule has 1 aliphatic rings. The van der Waals surface area contributed by atoms with E-state index in [1.807, 2.05) is 62.1 Å². The van der Waals surface area contributed by atoms with E-state index < -0.39 is 10.0 Å². The molecule has 7 heteroatoms. The predicted molar refractivity (Wildman–Crippen MR) is 114 cm³/mol. The number of nitrogens with zero attached hydrogens (tertiary/aromatic N) is 2. The van der Waals surface area contributed by atoms with Crippen LogP contribution in [0.25, 0.3) is 0 Å². The zero-order valence-electron chi connectivity index (χ0n) is 15.9. The van der Waals surface area contributed by atoms with Crippen molar-refractivity contribution in [3.8, 4) is 0 Å². The van der Waals surface area contributed by atoms with Crippen LogP contribution in [0.1, 0.15) is 16.7 Å². The third-order valence-electron chi connectivity index (χ3n) is 4.78. The van der Waals surface area contributed by atoms with Gasteiger partial charge in [-0.3, -0.25) is 0 Å². The average Bonchev–Trinajstić information content (AvgIpc) is 2.63. The van der Waals surface area contributed by atoms with Gasteiger partial charge in [0.25, 0.3) is 0 Å². The van der Waals surface area contributed by atoms with E-state index in [4.69, 9.17) is 12.2 Å². The van der Waals surface area contributed by atoms with E-state index in [0.717, 1.165) is 16.8 Å². The van der Waals surface area contributed by atoms with Gasteiger partial charge in [-0.25, -0.2) is 8.42 Å². The number of benzene rings is 2. The molecule has 1 aliphatic heterocycles. The van der Waals surface area contributed by atoms with Crippen LogP contribution in [0.4, 0.5) is 5.69 Å². The molecule has 0 amide bonds. The molecule has 144 valence electrons. The van der Waals surface area contributed by atoms with Crippen LogP contribution < -0.4 is 5.32 Å². The highest BCUT2D eigenvalue weighted by molar-refractivity contribution is 7.89. The van der Waals surface area contributed by atoms with Gasteiger partial charge in [0.15, 0.2) is 5.11 Å². The van der Waals surface area contributed by atoms with E-state index in [0.29, 0.717) is 36.2 Å². The maximum absolute atomic E-state index is 13.0. The second-order valence-electron chi connectivity index (χ2n) is 6.96. The number of hydrogen-bond donors (Lipinski definition) is 1. The molecule has 2 aromatic rings. The molecule has 2 aromatic carbocycles. The SMILES string of the molecule is Cc1ccc(NC(=S)N2CCN(S(=O)(=O)c3ccc(C)cc3C)CC2)cc1. The summed E-state index contributed by atoms with van der Waals surface area (Å²) in [6.07, 6.45) is 0. The first-order valence-corrected chi connectivity index (χ1v) is 10.8. The van der Waals surface area contributed by atoms with Crippen molar-refractivity contribution < 1.29 is 8.42 Å². The predicted octanol–water partition coefficient (Wildman–Crippen LogP) is 3.32. The summed E-state index contributed by atoms with van der Waals surface area (Å²) >= 11 is 5.50. The van der Waals surface area contributed by atoms with E-state index in [9.17, 15) is 8.42 Å². The Morgan fingerprint density at radius 1 is 0.926 bits per heavy atom. The summed E-state index contributed by atoms with van der Waals surface area (Å²) in [5.74, 6) is 0. The van der Waals surface area contributed by atoms with Gasteiger partial charge in [0.05, 0.1) is 4.90 Å². The van der Waals surface area contributed by atoms with Crippen LogP contribution in [-0.4, -0.2) is 48.9 Å². The molecule has 5 nitrogen and oxygen atoms in total. The van der Waals surface area contributed by atoms with Crippen LogP contribution in [0.15, 0.2) is 47.4 Å². The zero-order chi connectivity index (χ0) is 19.6. The van der Waals surface area contributed by atoms with Crippen LogP contribution in [0.3, 0.4) is 0 Å². The number of hydrogen-bond acceptors (Lipinski definition) is 3. The highest BCUT2D eigenvalue weighted by Crippen LogP contribution is 2.22. The van der Waals surface area contributed by atoms with E-state index >= 15 is 0 Å². The molecule has 0 bridgehead atoms.